The van der Waals surface area contributed by atoms with E-state index in [1.165, 1.54) is 6.92 Å². The van der Waals surface area contributed by atoms with Crippen LogP contribution in [0.3, 0.4) is 0 Å². The van der Waals surface area contributed by atoms with E-state index in [1.54, 1.807) is 24.3 Å². The van der Waals surface area contributed by atoms with E-state index in [4.69, 9.17) is 0 Å². The molecule has 0 unspecified atom stereocenters. The minimum absolute atomic E-state index is 0.136. The lowest BCUT2D eigenvalue weighted by molar-refractivity contribution is -0.0300. The molecule has 1 aromatic carbocycles. The lowest BCUT2D eigenvalue weighted by Gasteiger charge is -2.36. The van der Waals surface area contributed by atoms with Crippen LogP contribution in [0, 0.1) is 0 Å². The highest BCUT2D eigenvalue weighted by molar-refractivity contribution is 6.07. The number of rotatable bonds is 4. The monoisotopic (exact) mass is 247 g/mol. The Bertz CT molecular complexity index is 478. The fraction of sp³-hybridized carbons (Fsp3) is 0.429. The van der Waals surface area contributed by atoms with Gasteiger partial charge in [-0.1, -0.05) is 18.2 Å². The average molecular weight is 247 g/mol. The molecule has 0 spiro atoms. The molecule has 0 heterocycles. The van der Waals surface area contributed by atoms with Crippen LogP contribution in [-0.2, 0) is 0 Å². The van der Waals surface area contributed by atoms with Crippen molar-refractivity contribution in [3.63, 3.8) is 0 Å². The molecule has 0 saturated heterocycles. The third kappa shape index (κ3) is 2.59. The number of carbonyl (C=O) groups excluding carboxylic acids is 2. The average Bonchev–Trinajstić information content (AvgIpc) is 2.33. The van der Waals surface area contributed by atoms with Crippen LogP contribution in [-0.4, -0.2) is 28.9 Å². The van der Waals surface area contributed by atoms with E-state index in [9.17, 15) is 14.7 Å². The van der Waals surface area contributed by atoms with Crippen molar-refractivity contribution in [1.29, 1.82) is 0 Å². The van der Waals surface area contributed by atoms with Gasteiger partial charge in [0.2, 0.25) is 0 Å². The van der Waals surface area contributed by atoms with Gasteiger partial charge in [-0.15, -0.1) is 0 Å². The zero-order valence-electron chi connectivity index (χ0n) is 10.4. The van der Waals surface area contributed by atoms with Gasteiger partial charge in [-0.25, -0.2) is 0 Å². The van der Waals surface area contributed by atoms with Crippen LogP contribution in [0.4, 0.5) is 0 Å². The van der Waals surface area contributed by atoms with E-state index < -0.39 is 5.60 Å². The van der Waals surface area contributed by atoms with Crippen molar-refractivity contribution >= 4 is 11.7 Å². The Hall–Kier alpha value is -1.68. The highest BCUT2D eigenvalue weighted by atomic mass is 16.3. The molecule has 1 fully saturated rings. The van der Waals surface area contributed by atoms with Gasteiger partial charge in [-0.3, -0.25) is 9.59 Å². The summed E-state index contributed by atoms with van der Waals surface area (Å²) in [6.45, 7) is 1.68. The lowest BCUT2D eigenvalue weighted by atomic mass is 9.80. The van der Waals surface area contributed by atoms with E-state index in [1.807, 2.05) is 0 Å². The van der Waals surface area contributed by atoms with Crippen LogP contribution < -0.4 is 5.32 Å². The number of hydrogen-bond donors (Lipinski definition) is 2. The van der Waals surface area contributed by atoms with Crippen LogP contribution >= 0.6 is 0 Å². The Labute approximate surface area is 106 Å². The Morgan fingerprint density at radius 3 is 2.39 bits per heavy atom. The van der Waals surface area contributed by atoms with Crippen LogP contribution in [0.2, 0.25) is 0 Å². The summed E-state index contributed by atoms with van der Waals surface area (Å²) >= 11 is 0. The summed E-state index contributed by atoms with van der Waals surface area (Å²) in [7, 11) is 0. The van der Waals surface area contributed by atoms with Crippen molar-refractivity contribution in [2.45, 2.75) is 31.8 Å². The highest BCUT2D eigenvalue weighted by Crippen LogP contribution is 2.30. The molecule has 1 aliphatic rings. The molecule has 4 heteroatoms. The maximum atomic E-state index is 12.0. The second-order valence-corrected chi connectivity index (χ2v) is 4.86. The van der Waals surface area contributed by atoms with Gasteiger partial charge < -0.3 is 10.4 Å². The third-order valence-electron chi connectivity index (χ3n) is 3.41. The van der Waals surface area contributed by atoms with Crippen molar-refractivity contribution in [3.8, 4) is 0 Å². The highest BCUT2D eigenvalue weighted by Gasteiger charge is 2.34. The molecule has 18 heavy (non-hydrogen) atoms. The molecule has 1 amide bonds. The van der Waals surface area contributed by atoms with Crippen molar-refractivity contribution in [2.24, 2.45) is 0 Å². The molecule has 0 atom stereocenters. The number of ketones is 1. The normalized spacial score (nSPS) is 16.8. The van der Waals surface area contributed by atoms with E-state index in [-0.39, 0.29) is 18.2 Å². The van der Waals surface area contributed by atoms with Crippen LogP contribution in [0.25, 0.3) is 0 Å². The number of aliphatic hydroxyl groups is 1. The number of benzene rings is 1. The zero-order valence-corrected chi connectivity index (χ0v) is 10.4. The topological polar surface area (TPSA) is 66.4 Å². The number of hydrogen-bond acceptors (Lipinski definition) is 3. The molecule has 4 nitrogen and oxygen atoms in total. The van der Waals surface area contributed by atoms with Crippen molar-refractivity contribution < 1.29 is 14.7 Å². The summed E-state index contributed by atoms with van der Waals surface area (Å²) in [4.78, 5) is 23.4. The molecule has 96 valence electrons. The van der Waals surface area contributed by atoms with E-state index >= 15 is 0 Å². The van der Waals surface area contributed by atoms with Gasteiger partial charge >= 0.3 is 0 Å². The first-order valence-electron chi connectivity index (χ1n) is 6.12. The van der Waals surface area contributed by atoms with Crippen molar-refractivity contribution in [3.05, 3.63) is 35.4 Å². The van der Waals surface area contributed by atoms with Gasteiger partial charge in [0.15, 0.2) is 5.78 Å². The molecule has 2 N–H and O–H groups in total. The number of amides is 1. The summed E-state index contributed by atoms with van der Waals surface area (Å²) < 4.78 is 0. The molecule has 1 aliphatic carbocycles. The summed E-state index contributed by atoms with van der Waals surface area (Å²) in [5, 5.41) is 12.6. The van der Waals surface area contributed by atoms with Crippen LogP contribution in [0.1, 0.15) is 46.9 Å². The van der Waals surface area contributed by atoms with Gasteiger partial charge in [0.05, 0.1) is 11.2 Å². The standard InChI is InChI=1S/C14H17NO3/c1-10(16)11-5-2-3-6-12(11)13(17)15-9-14(18)7-4-8-14/h2-3,5-6,18H,4,7-9H2,1H3,(H,15,17). The molecule has 0 bridgehead atoms. The molecule has 2 rings (SSSR count). The minimum atomic E-state index is -0.749. The van der Waals surface area contributed by atoms with Gasteiger partial charge in [0, 0.05) is 12.1 Å². The predicted octanol–water partition coefficient (Wildman–Crippen LogP) is 1.53. The maximum Gasteiger partial charge on any atom is 0.252 e. The molecule has 1 aromatic rings. The number of carbonyl (C=O) groups is 2. The lowest BCUT2D eigenvalue weighted by Crippen LogP contribution is -2.47. The Kier molecular flexibility index (Phi) is 3.48. The molecular weight excluding hydrogens is 230 g/mol. The first-order chi connectivity index (χ1) is 8.52. The first-order valence-corrected chi connectivity index (χ1v) is 6.12. The fourth-order valence-electron chi connectivity index (χ4n) is 2.09. The van der Waals surface area contributed by atoms with Crippen LogP contribution in [0.15, 0.2) is 24.3 Å². The first kappa shape index (κ1) is 12.8. The smallest absolute Gasteiger partial charge is 0.252 e. The molecular formula is C14H17NO3. The van der Waals surface area contributed by atoms with E-state index in [2.05, 4.69) is 5.32 Å². The summed E-state index contributed by atoms with van der Waals surface area (Å²) in [5.74, 6) is -0.441. The Morgan fingerprint density at radius 1 is 1.28 bits per heavy atom. The largest absolute Gasteiger partial charge is 0.388 e. The molecule has 0 radical (unpaired) electrons. The Balaban J connectivity index is 2.06. The number of Topliss-reactive ketones (excluding diaryl/α,β-unsaturated/α-hetero) is 1. The Morgan fingerprint density at radius 2 is 1.89 bits per heavy atom. The van der Waals surface area contributed by atoms with Gasteiger partial charge in [0.1, 0.15) is 0 Å². The second-order valence-electron chi connectivity index (χ2n) is 4.86. The van der Waals surface area contributed by atoms with Crippen LogP contribution in [0.5, 0.6) is 0 Å². The second kappa shape index (κ2) is 4.90. The van der Waals surface area contributed by atoms with Gasteiger partial charge in [-0.05, 0) is 32.3 Å². The third-order valence-corrected chi connectivity index (χ3v) is 3.41. The summed E-state index contributed by atoms with van der Waals surface area (Å²) in [6, 6.07) is 6.71. The molecule has 0 aromatic heterocycles. The minimum Gasteiger partial charge on any atom is -0.388 e. The fourth-order valence-corrected chi connectivity index (χ4v) is 2.09. The van der Waals surface area contributed by atoms with Gasteiger partial charge in [-0.2, -0.15) is 0 Å². The van der Waals surface area contributed by atoms with Crippen molar-refractivity contribution in [1.82, 2.24) is 5.32 Å². The number of nitrogens with one attached hydrogen (secondary N) is 1. The van der Waals surface area contributed by atoms with E-state index in [0.29, 0.717) is 11.1 Å². The van der Waals surface area contributed by atoms with Crippen molar-refractivity contribution in [2.75, 3.05) is 6.54 Å². The molecule has 1 saturated carbocycles. The SMILES string of the molecule is CC(=O)c1ccccc1C(=O)NCC1(O)CCC1. The predicted molar refractivity (Wildman–Crippen MR) is 67.6 cm³/mol. The quantitative estimate of drug-likeness (QED) is 0.793. The van der Waals surface area contributed by atoms with Gasteiger partial charge in [0.25, 0.3) is 5.91 Å². The van der Waals surface area contributed by atoms with E-state index in [0.717, 1.165) is 19.3 Å². The molecule has 0 aliphatic heterocycles. The zero-order chi connectivity index (χ0) is 13.2. The summed E-state index contributed by atoms with van der Waals surface area (Å²) in [6.07, 6.45) is 2.44. The summed E-state index contributed by atoms with van der Waals surface area (Å²) in [5.41, 5.74) is 0.0319. The maximum absolute atomic E-state index is 12.0.